The van der Waals surface area contributed by atoms with Crippen molar-refractivity contribution in [2.45, 2.75) is 39.3 Å². The highest BCUT2D eigenvalue weighted by Gasteiger charge is 2.22. The number of aromatic nitrogens is 2. The molecular formula is C35H37FN6O4. The highest BCUT2D eigenvalue weighted by Crippen LogP contribution is 2.28. The third-order valence-corrected chi connectivity index (χ3v) is 8.26. The molecule has 10 nitrogen and oxygen atoms in total. The van der Waals surface area contributed by atoms with Gasteiger partial charge in [-0.15, -0.1) is 0 Å². The maximum atomic E-state index is 14.1. The molecule has 0 radical (unpaired) electrons. The quantitative estimate of drug-likeness (QED) is 0.227. The molecule has 11 heteroatoms. The predicted molar refractivity (Wildman–Crippen MR) is 176 cm³/mol. The van der Waals surface area contributed by atoms with Crippen molar-refractivity contribution in [2.24, 2.45) is 0 Å². The van der Waals surface area contributed by atoms with Crippen molar-refractivity contribution < 1.29 is 18.8 Å². The third kappa shape index (κ3) is 6.89. The molecule has 1 aliphatic heterocycles. The molecule has 0 saturated carbocycles. The van der Waals surface area contributed by atoms with Crippen molar-refractivity contribution in [3.05, 3.63) is 111 Å². The summed E-state index contributed by atoms with van der Waals surface area (Å²) in [6.07, 6.45) is 3.37. The Bertz CT molecular complexity index is 1850. The van der Waals surface area contributed by atoms with Crippen LogP contribution in [0.5, 0.6) is 0 Å². The van der Waals surface area contributed by atoms with Crippen LogP contribution in [0, 0.1) is 12.7 Å². The van der Waals surface area contributed by atoms with E-state index in [0.29, 0.717) is 33.6 Å². The SMILES string of the molecule is CNC(=O)c1ccc(C)c(-c2ncc(NC(=O)[C@H](C)NC)c(=O)n2Cc2cc(C(=O)c3ccc(F)cc3)cc(N3CCCC3)c2)c1. The highest BCUT2D eigenvalue weighted by atomic mass is 19.1. The molecule has 1 atom stereocenters. The Labute approximate surface area is 266 Å². The average molecular weight is 625 g/mol. The summed E-state index contributed by atoms with van der Waals surface area (Å²) in [5.41, 5.74) is 3.49. The van der Waals surface area contributed by atoms with Gasteiger partial charge < -0.3 is 20.9 Å². The van der Waals surface area contributed by atoms with Gasteiger partial charge in [0.1, 0.15) is 17.3 Å². The second kappa shape index (κ2) is 13.9. The molecule has 2 amide bonds. The Balaban J connectivity index is 1.66. The molecule has 5 rings (SSSR count). The van der Waals surface area contributed by atoms with Crippen molar-refractivity contribution in [3.63, 3.8) is 0 Å². The van der Waals surface area contributed by atoms with Crippen molar-refractivity contribution in [3.8, 4) is 11.4 Å². The summed E-state index contributed by atoms with van der Waals surface area (Å²) in [6.45, 7) is 5.21. The van der Waals surface area contributed by atoms with Crippen LogP contribution in [-0.2, 0) is 11.3 Å². The number of carbonyl (C=O) groups excluding carboxylic acids is 3. The lowest BCUT2D eigenvalue weighted by molar-refractivity contribution is -0.117. The van der Waals surface area contributed by atoms with Gasteiger partial charge in [-0.25, -0.2) is 9.37 Å². The van der Waals surface area contributed by atoms with E-state index in [0.717, 1.165) is 37.2 Å². The molecule has 4 aromatic rings. The summed E-state index contributed by atoms with van der Waals surface area (Å²) in [6, 6.07) is 15.5. The fourth-order valence-corrected chi connectivity index (χ4v) is 5.46. The first-order valence-electron chi connectivity index (χ1n) is 15.2. The van der Waals surface area contributed by atoms with Crippen molar-refractivity contribution in [1.82, 2.24) is 20.2 Å². The summed E-state index contributed by atoms with van der Waals surface area (Å²) in [7, 11) is 3.18. The van der Waals surface area contributed by atoms with E-state index in [9.17, 15) is 23.6 Å². The minimum atomic E-state index is -0.559. The molecule has 0 unspecified atom stereocenters. The lowest BCUT2D eigenvalue weighted by atomic mass is 9.99. The first-order chi connectivity index (χ1) is 22.1. The molecule has 3 aromatic carbocycles. The summed E-state index contributed by atoms with van der Waals surface area (Å²) in [5.74, 6) is -1.10. The largest absolute Gasteiger partial charge is 0.372 e. The number of carbonyl (C=O) groups is 3. The number of aryl methyl sites for hydroxylation is 1. The van der Waals surface area contributed by atoms with Crippen LogP contribution in [0.15, 0.2) is 71.7 Å². The monoisotopic (exact) mass is 624 g/mol. The van der Waals surface area contributed by atoms with Gasteiger partial charge in [-0.2, -0.15) is 0 Å². The molecule has 0 bridgehead atoms. The van der Waals surface area contributed by atoms with Gasteiger partial charge in [0.25, 0.3) is 11.5 Å². The van der Waals surface area contributed by atoms with E-state index in [4.69, 9.17) is 0 Å². The first-order valence-corrected chi connectivity index (χ1v) is 15.2. The lowest BCUT2D eigenvalue weighted by Gasteiger charge is -2.21. The minimum absolute atomic E-state index is 0.00531. The molecule has 238 valence electrons. The van der Waals surface area contributed by atoms with E-state index in [2.05, 4.69) is 25.8 Å². The predicted octanol–water partition coefficient (Wildman–Crippen LogP) is 4.14. The Hall–Kier alpha value is -5.16. The van der Waals surface area contributed by atoms with E-state index in [-0.39, 0.29) is 23.9 Å². The second-order valence-electron chi connectivity index (χ2n) is 11.4. The van der Waals surface area contributed by atoms with Gasteiger partial charge >= 0.3 is 0 Å². The summed E-state index contributed by atoms with van der Waals surface area (Å²) in [5, 5.41) is 8.15. The fourth-order valence-electron chi connectivity index (χ4n) is 5.46. The van der Waals surface area contributed by atoms with Gasteiger partial charge in [0.05, 0.1) is 18.8 Å². The number of benzene rings is 3. The van der Waals surface area contributed by atoms with Gasteiger partial charge in [-0.3, -0.25) is 23.7 Å². The van der Waals surface area contributed by atoms with Crippen LogP contribution in [0.2, 0.25) is 0 Å². The Kier molecular flexibility index (Phi) is 9.72. The second-order valence-corrected chi connectivity index (χ2v) is 11.4. The zero-order valence-electron chi connectivity index (χ0n) is 26.3. The van der Waals surface area contributed by atoms with E-state index >= 15 is 0 Å². The van der Waals surface area contributed by atoms with Gasteiger partial charge in [0.15, 0.2) is 5.78 Å². The van der Waals surface area contributed by atoms with Gasteiger partial charge in [-0.1, -0.05) is 6.07 Å². The molecule has 1 fully saturated rings. The molecule has 0 aliphatic carbocycles. The van der Waals surface area contributed by atoms with Gasteiger partial charge in [-0.05, 0) is 99.5 Å². The molecule has 1 saturated heterocycles. The van der Waals surface area contributed by atoms with E-state index in [1.54, 1.807) is 38.2 Å². The van der Waals surface area contributed by atoms with Crippen LogP contribution in [0.25, 0.3) is 11.4 Å². The molecule has 0 spiro atoms. The maximum Gasteiger partial charge on any atom is 0.277 e. The molecular weight excluding hydrogens is 587 g/mol. The Morgan fingerprint density at radius 1 is 0.935 bits per heavy atom. The Morgan fingerprint density at radius 3 is 2.30 bits per heavy atom. The Morgan fingerprint density at radius 2 is 1.63 bits per heavy atom. The standard InChI is InChI=1S/C35H37FN6O4/c1-21-7-8-25(34(45)38-4)18-29(21)32-39-19-30(40-33(44)22(2)37-3)35(46)42(32)20-23-15-26(17-28(16-23)41-13-5-6-14-41)31(43)24-9-11-27(36)12-10-24/h7-12,15-19,22,37H,5-6,13-14,20H2,1-4H3,(H,38,45)(H,40,44)/t22-/m0/s1. The number of hydrogen-bond acceptors (Lipinski definition) is 7. The minimum Gasteiger partial charge on any atom is -0.372 e. The van der Waals surface area contributed by atoms with Crippen molar-refractivity contribution in [1.29, 1.82) is 0 Å². The number of ketones is 1. The van der Waals surface area contributed by atoms with Crippen LogP contribution >= 0.6 is 0 Å². The lowest BCUT2D eigenvalue weighted by Crippen LogP contribution is -2.38. The van der Waals surface area contributed by atoms with Crippen LogP contribution < -0.4 is 26.4 Å². The van der Waals surface area contributed by atoms with Crippen LogP contribution in [0.4, 0.5) is 15.8 Å². The summed E-state index contributed by atoms with van der Waals surface area (Å²) >= 11 is 0. The molecule has 1 aromatic heterocycles. The number of nitrogens with one attached hydrogen (secondary N) is 3. The number of likely N-dealkylation sites (N-methyl/N-ethyl adjacent to an activating group) is 1. The van der Waals surface area contributed by atoms with Crippen molar-refractivity contribution >= 4 is 29.0 Å². The topological polar surface area (TPSA) is 125 Å². The zero-order chi connectivity index (χ0) is 33.0. The fraction of sp³-hybridized carbons (Fsp3) is 0.286. The molecule has 1 aliphatic rings. The number of anilines is 2. The highest BCUT2D eigenvalue weighted by molar-refractivity contribution is 6.09. The molecule has 3 N–H and O–H groups in total. The van der Waals surface area contributed by atoms with E-state index < -0.39 is 23.3 Å². The van der Waals surface area contributed by atoms with Crippen LogP contribution in [-0.4, -0.2) is 60.4 Å². The summed E-state index contributed by atoms with van der Waals surface area (Å²) < 4.78 is 15.1. The zero-order valence-corrected chi connectivity index (χ0v) is 26.3. The van der Waals surface area contributed by atoms with Gasteiger partial charge in [0.2, 0.25) is 5.91 Å². The van der Waals surface area contributed by atoms with Gasteiger partial charge in [0, 0.05) is 48.1 Å². The third-order valence-electron chi connectivity index (χ3n) is 8.26. The van der Waals surface area contributed by atoms with Crippen LogP contribution in [0.3, 0.4) is 0 Å². The molecule has 2 heterocycles. The normalized spacial score (nSPS) is 13.4. The summed E-state index contributed by atoms with van der Waals surface area (Å²) in [4.78, 5) is 59.8. The van der Waals surface area contributed by atoms with E-state index in [1.807, 2.05) is 19.1 Å². The van der Waals surface area contributed by atoms with Crippen molar-refractivity contribution in [2.75, 3.05) is 37.4 Å². The smallest absolute Gasteiger partial charge is 0.277 e. The van der Waals surface area contributed by atoms with E-state index in [1.165, 1.54) is 42.1 Å². The number of hydrogen-bond donors (Lipinski definition) is 3. The molecule has 46 heavy (non-hydrogen) atoms. The number of rotatable bonds is 10. The number of nitrogens with zero attached hydrogens (tertiary/aromatic N) is 3. The first kappa shape index (κ1) is 32.2. The van der Waals surface area contributed by atoms with Crippen LogP contribution in [0.1, 0.15) is 57.2 Å². The number of halogens is 1. The average Bonchev–Trinajstić information content (AvgIpc) is 3.61. The number of amides is 2. The maximum absolute atomic E-state index is 14.1.